The Bertz CT molecular complexity index is 720. The number of hydroxylamine groups is 1. The van der Waals surface area contributed by atoms with E-state index in [2.05, 4.69) is 0 Å². The summed E-state index contributed by atoms with van der Waals surface area (Å²) in [5.41, 5.74) is 6.60. The van der Waals surface area contributed by atoms with Crippen molar-refractivity contribution in [1.29, 1.82) is 0 Å². The topological polar surface area (TPSA) is 142 Å². The summed E-state index contributed by atoms with van der Waals surface area (Å²) in [6.07, 6.45) is 0. The van der Waals surface area contributed by atoms with E-state index in [-0.39, 0.29) is 24.5 Å². The van der Waals surface area contributed by atoms with Gasteiger partial charge in [0.2, 0.25) is 10.0 Å². The third-order valence-electron chi connectivity index (χ3n) is 3.72. The maximum absolute atomic E-state index is 12.8. The summed E-state index contributed by atoms with van der Waals surface area (Å²) >= 11 is 0. The van der Waals surface area contributed by atoms with Crippen LogP contribution in [0.5, 0.6) is 5.75 Å². The molecule has 1 unspecified atom stereocenters. The highest BCUT2D eigenvalue weighted by molar-refractivity contribution is 7.89. The summed E-state index contributed by atoms with van der Waals surface area (Å²) in [6, 6.07) is 3.60. The summed E-state index contributed by atoms with van der Waals surface area (Å²) in [4.78, 5) is 24.2. The zero-order chi connectivity index (χ0) is 17.9. The van der Waals surface area contributed by atoms with E-state index in [1.54, 1.807) is 0 Å². The SMILES string of the molecule is COc1ccc(S(=O)(=O)N2CCN(C(N)=O)CC2C(=O)NO)cc1. The molecule has 10 nitrogen and oxygen atoms in total. The lowest BCUT2D eigenvalue weighted by atomic mass is 10.2. The van der Waals surface area contributed by atoms with Gasteiger partial charge in [-0.15, -0.1) is 0 Å². The first-order chi connectivity index (χ1) is 11.3. The maximum Gasteiger partial charge on any atom is 0.314 e. The largest absolute Gasteiger partial charge is 0.497 e. The molecule has 3 amide bonds. The van der Waals surface area contributed by atoms with Crippen LogP contribution >= 0.6 is 0 Å². The molecular formula is C13H18N4O6S. The van der Waals surface area contributed by atoms with Crippen molar-refractivity contribution in [2.75, 3.05) is 26.7 Å². The number of rotatable bonds is 4. The van der Waals surface area contributed by atoms with Crippen molar-refractivity contribution in [2.24, 2.45) is 5.73 Å². The smallest absolute Gasteiger partial charge is 0.314 e. The summed E-state index contributed by atoms with van der Waals surface area (Å²) in [5.74, 6) is -0.463. The van der Waals surface area contributed by atoms with Crippen LogP contribution in [0.3, 0.4) is 0 Å². The van der Waals surface area contributed by atoms with Gasteiger partial charge in [-0.05, 0) is 24.3 Å². The van der Waals surface area contributed by atoms with Gasteiger partial charge in [0.25, 0.3) is 5.91 Å². The molecule has 1 saturated heterocycles. The van der Waals surface area contributed by atoms with Crippen LogP contribution in [0.4, 0.5) is 4.79 Å². The lowest BCUT2D eigenvalue weighted by Crippen LogP contribution is -2.61. The number of amides is 3. The predicted octanol–water partition coefficient (Wildman–Crippen LogP) is -1.05. The number of carbonyl (C=O) groups excluding carboxylic acids is 2. The van der Waals surface area contributed by atoms with Crippen molar-refractivity contribution in [3.63, 3.8) is 0 Å². The van der Waals surface area contributed by atoms with Crippen LogP contribution in [0.25, 0.3) is 0 Å². The summed E-state index contributed by atoms with van der Waals surface area (Å²) < 4.78 is 31.5. The molecule has 1 fully saturated rings. The molecular weight excluding hydrogens is 340 g/mol. The predicted molar refractivity (Wildman–Crippen MR) is 81.8 cm³/mol. The molecule has 24 heavy (non-hydrogen) atoms. The number of nitrogens with two attached hydrogens (primary N) is 1. The Morgan fingerprint density at radius 3 is 2.42 bits per heavy atom. The van der Waals surface area contributed by atoms with E-state index in [0.717, 1.165) is 9.21 Å². The van der Waals surface area contributed by atoms with E-state index >= 15 is 0 Å². The molecule has 0 saturated carbocycles. The molecule has 1 aromatic rings. The molecule has 1 heterocycles. The lowest BCUT2D eigenvalue weighted by molar-refractivity contribution is -0.134. The molecule has 4 N–H and O–H groups in total. The standard InChI is InChI=1S/C13H18N4O6S/c1-23-9-2-4-10(5-3-9)24(21,22)17-7-6-16(13(14)19)8-11(17)12(18)15-20/h2-5,11,20H,6-8H2,1H3,(H2,14,19)(H,15,18). The van der Waals surface area contributed by atoms with Crippen molar-refractivity contribution < 1.29 is 28.0 Å². The quantitative estimate of drug-likeness (QED) is 0.463. The van der Waals surface area contributed by atoms with Crippen LogP contribution in [0, 0.1) is 0 Å². The van der Waals surface area contributed by atoms with E-state index < -0.39 is 28.0 Å². The fourth-order valence-electron chi connectivity index (χ4n) is 2.43. The van der Waals surface area contributed by atoms with Gasteiger partial charge >= 0.3 is 6.03 Å². The number of sulfonamides is 1. The molecule has 1 aromatic carbocycles. The van der Waals surface area contributed by atoms with E-state index in [4.69, 9.17) is 15.7 Å². The summed E-state index contributed by atoms with van der Waals surface area (Å²) in [5, 5.41) is 8.86. The molecule has 0 aromatic heterocycles. The van der Waals surface area contributed by atoms with E-state index in [1.807, 2.05) is 0 Å². The fourth-order valence-corrected chi connectivity index (χ4v) is 4.00. The monoisotopic (exact) mass is 358 g/mol. The van der Waals surface area contributed by atoms with Crippen LogP contribution in [0.1, 0.15) is 0 Å². The fraction of sp³-hybridized carbons (Fsp3) is 0.385. The minimum Gasteiger partial charge on any atom is -0.497 e. The van der Waals surface area contributed by atoms with Crippen LogP contribution in [-0.2, 0) is 14.8 Å². The van der Waals surface area contributed by atoms with Gasteiger partial charge in [0.05, 0.1) is 12.0 Å². The van der Waals surface area contributed by atoms with Gasteiger partial charge in [-0.3, -0.25) is 10.0 Å². The normalized spacial score (nSPS) is 18.9. The van der Waals surface area contributed by atoms with E-state index in [9.17, 15) is 18.0 Å². The van der Waals surface area contributed by atoms with Gasteiger partial charge in [0.1, 0.15) is 11.8 Å². The van der Waals surface area contributed by atoms with Crippen molar-refractivity contribution in [3.8, 4) is 5.75 Å². The van der Waals surface area contributed by atoms with Crippen LogP contribution in [0.2, 0.25) is 0 Å². The zero-order valence-electron chi connectivity index (χ0n) is 12.9. The number of hydrogen-bond acceptors (Lipinski definition) is 6. The van der Waals surface area contributed by atoms with Gasteiger partial charge in [-0.2, -0.15) is 4.31 Å². The third kappa shape index (κ3) is 3.42. The summed E-state index contributed by atoms with van der Waals surface area (Å²) in [6.45, 7) is -0.341. The first kappa shape index (κ1) is 18.0. The first-order valence-corrected chi connectivity index (χ1v) is 8.39. The van der Waals surface area contributed by atoms with Gasteiger partial charge < -0.3 is 15.4 Å². The molecule has 0 radical (unpaired) electrons. The molecule has 11 heteroatoms. The molecule has 0 bridgehead atoms. The number of benzene rings is 1. The highest BCUT2D eigenvalue weighted by atomic mass is 32.2. The van der Waals surface area contributed by atoms with Gasteiger partial charge in [0, 0.05) is 19.6 Å². The van der Waals surface area contributed by atoms with Crippen molar-refractivity contribution in [1.82, 2.24) is 14.7 Å². The van der Waals surface area contributed by atoms with Crippen LogP contribution in [0.15, 0.2) is 29.2 Å². The number of nitrogens with one attached hydrogen (secondary N) is 1. The Morgan fingerprint density at radius 2 is 1.92 bits per heavy atom. The second kappa shape index (κ2) is 7.03. The number of methoxy groups -OCH3 is 1. The maximum atomic E-state index is 12.8. The highest BCUT2D eigenvalue weighted by Crippen LogP contribution is 2.23. The Labute approximate surface area is 138 Å². The molecule has 0 spiro atoms. The molecule has 132 valence electrons. The number of carbonyl (C=O) groups is 2. The number of urea groups is 1. The number of ether oxygens (including phenoxy) is 1. The number of hydrogen-bond donors (Lipinski definition) is 3. The Morgan fingerprint density at radius 1 is 1.29 bits per heavy atom. The molecule has 2 rings (SSSR count). The molecule has 0 aliphatic carbocycles. The number of nitrogens with zero attached hydrogens (tertiary/aromatic N) is 2. The Balaban J connectivity index is 2.35. The van der Waals surface area contributed by atoms with Crippen molar-refractivity contribution in [2.45, 2.75) is 10.9 Å². The van der Waals surface area contributed by atoms with Crippen LogP contribution in [-0.4, -0.2) is 67.6 Å². The second-order valence-electron chi connectivity index (χ2n) is 5.07. The molecule has 1 aliphatic heterocycles. The Kier molecular flexibility index (Phi) is 5.26. The molecule has 1 atom stereocenters. The van der Waals surface area contributed by atoms with E-state index in [0.29, 0.717) is 5.75 Å². The average Bonchev–Trinajstić information content (AvgIpc) is 2.60. The van der Waals surface area contributed by atoms with Gasteiger partial charge in [-0.1, -0.05) is 0 Å². The van der Waals surface area contributed by atoms with Crippen molar-refractivity contribution in [3.05, 3.63) is 24.3 Å². The average molecular weight is 358 g/mol. The summed E-state index contributed by atoms with van der Waals surface area (Å²) in [7, 11) is -2.56. The minimum atomic E-state index is -4.01. The van der Waals surface area contributed by atoms with Crippen molar-refractivity contribution >= 4 is 22.0 Å². The Hall–Kier alpha value is -2.37. The number of primary amides is 1. The minimum absolute atomic E-state index is 0.0356. The number of piperazine rings is 1. The van der Waals surface area contributed by atoms with E-state index in [1.165, 1.54) is 36.9 Å². The third-order valence-corrected chi connectivity index (χ3v) is 5.64. The molecule has 1 aliphatic rings. The highest BCUT2D eigenvalue weighted by Gasteiger charge is 2.41. The van der Waals surface area contributed by atoms with Gasteiger partial charge in [-0.25, -0.2) is 18.7 Å². The van der Waals surface area contributed by atoms with Gasteiger partial charge in [0.15, 0.2) is 0 Å². The first-order valence-electron chi connectivity index (χ1n) is 6.95. The zero-order valence-corrected chi connectivity index (χ0v) is 13.7. The lowest BCUT2D eigenvalue weighted by Gasteiger charge is -2.38. The second-order valence-corrected chi connectivity index (χ2v) is 6.96. The van der Waals surface area contributed by atoms with Crippen LogP contribution < -0.4 is 16.0 Å².